The number of benzene rings is 1. The predicted molar refractivity (Wildman–Crippen MR) is 99.6 cm³/mol. The third-order valence-electron chi connectivity index (χ3n) is 3.55. The van der Waals surface area contributed by atoms with Crippen molar-refractivity contribution in [2.45, 2.75) is 13.0 Å². The Labute approximate surface area is 151 Å². The zero-order valence-corrected chi connectivity index (χ0v) is 14.2. The van der Waals surface area contributed by atoms with Gasteiger partial charge in [0.05, 0.1) is 18.3 Å². The molecule has 0 spiro atoms. The number of carbonyl (C=O) groups is 1. The normalized spacial score (nSPS) is 10.3. The van der Waals surface area contributed by atoms with Crippen molar-refractivity contribution >= 4 is 29.0 Å². The highest BCUT2D eigenvalue weighted by Gasteiger charge is 2.05. The lowest BCUT2D eigenvalue weighted by Gasteiger charge is -2.08. The van der Waals surface area contributed by atoms with Crippen LogP contribution >= 0.6 is 11.6 Å². The zero-order valence-electron chi connectivity index (χ0n) is 13.4. The molecule has 0 fully saturated rings. The molecule has 0 saturated carbocycles. The van der Waals surface area contributed by atoms with Gasteiger partial charge < -0.3 is 10.6 Å². The Morgan fingerprint density at radius 3 is 2.40 bits per heavy atom. The minimum Gasteiger partial charge on any atom is -0.380 e. The van der Waals surface area contributed by atoms with Gasteiger partial charge in [-0.05, 0) is 47.5 Å². The monoisotopic (exact) mass is 352 g/mol. The Kier molecular flexibility index (Phi) is 5.59. The van der Waals surface area contributed by atoms with Crippen molar-refractivity contribution in [2.75, 3.05) is 10.6 Å². The molecule has 126 valence electrons. The minimum atomic E-state index is -0.118. The van der Waals surface area contributed by atoms with Crippen LogP contribution in [0.1, 0.15) is 11.1 Å². The number of carbonyl (C=O) groups excluding carboxylic acids is 1. The van der Waals surface area contributed by atoms with Gasteiger partial charge in [0.25, 0.3) is 0 Å². The summed E-state index contributed by atoms with van der Waals surface area (Å²) in [6.07, 6.45) is 5.49. The summed E-state index contributed by atoms with van der Waals surface area (Å²) in [5.41, 5.74) is 2.92. The summed E-state index contributed by atoms with van der Waals surface area (Å²) in [4.78, 5) is 20.3. The molecule has 0 radical (unpaired) electrons. The molecule has 2 N–H and O–H groups in total. The van der Waals surface area contributed by atoms with Crippen LogP contribution in [0.4, 0.5) is 11.5 Å². The van der Waals surface area contributed by atoms with Crippen LogP contribution in [0.2, 0.25) is 5.02 Å². The lowest BCUT2D eigenvalue weighted by Crippen LogP contribution is -2.15. The highest BCUT2D eigenvalue weighted by atomic mass is 35.5. The van der Waals surface area contributed by atoms with Crippen LogP contribution in [0.15, 0.2) is 67.1 Å². The van der Waals surface area contributed by atoms with Gasteiger partial charge >= 0.3 is 0 Å². The molecule has 3 aromatic rings. The summed E-state index contributed by atoms with van der Waals surface area (Å²) in [6.45, 7) is 0.687. The minimum absolute atomic E-state index is 0.118. The molecule has 2 heterocycles. The van der Waals surface area contributed by atoms with Crippen molar-refractivity contribution in [1.29, 1.82) is 0 Å². The molecule has 5 nitrogen and oxygen atoms in total. The fourth-order valence-electron chi connectivity index (χ4n) is 2.25. The van der Waals surface area contributed by atoms with E-state index in [9.17, 15) is 4.79 Å². The number of amides is 1. The van der Waals surface area contributed by atoms with Gasteiger partial charge in [-0.3, -0.25) is 9.78 Å². The molecule has 0 atom stereocenters. The SMILES string of the molecule is O=C(Cc1ccc(Cl)cc1)Nc1ccc(NCc2ccncc2)cn1. The highest BCUT2D eigenvalue weighted by Crippen LogP contribution is 2.13. The Hall–Kier alpha value is -2.92. The smallest absolute Gasteiger partial charge is 0.229 e. The van der Waals surface area contributed by atoms with Gasteiger partial charge in [0, 0.05) is 24.0 Å². The first-order valence-electron chi connectivity index (χ1n) is 7.82. The molecular weight excluding hydrogens is 336 g/mol. The zero-order chi connectivity index (χ0) is 17.5. The third-order valence-corrected chi connectivity index (χ3v) is 3.81. The van der Waals surface area contributed by atoms with Crippen LogP contribution in [0, 0.1) is 0 Å². The van der Waals surface area contributed by atoms with Crippen molar-refractivity contribution in [3.63, 3.8) is 0 Å². The fraction of sp³-hybridized carbons (Fsp3) is 0.105. The first kappa shape index (κ1) is 16.9. The van der Waals surface area contributed by atoms with Crippen LogP contribution in [-0.2, 0) is 17.8 Å². The standard InChI is InChI=1S/C19H17ClN4O/c20-16-3-1-14(2-4-16)11-19(25)24-18-6-5-17(13-23-18)22-12-15-7-9-21-10-8-15/h1-10,13,22H,11-12H2,(H,23,24,25). The molecule has 0 unspecified atom stereocenters. The second-order valence-electron chi connectivity index (χ2n) is 5.49. The summed E-state index contributed by atoms with van der Waals surface area (Å²) < 4.78 is 0. The van der Waals surface area contributed by atoms with E-state index in [0.29, 0.717) is 17.4 Å². The molecule has 2 aromatic heterocycles. The predicted octanol–water partition coefficient (Wildman–Crippen LogP) is 3.92. The lowest BCUT2D eigenvalue weighted by atomic mass is 10.1. The van der Waals surface area contributed by atoms with Crippen molar-refractivity contribution in [3.05, 3.63) is 83.3 Å². The van der Waals surface area contributed by atoms with E-state index in [1.54, 1.807) is 36.8 Å². The molecule has 0 aliphatic rings. The highest BCUT2D eigenvalue weighted by molar-refractivity contribution is 6.30. The van der Waals surface area contributed by atoms with E-state index in [1.807, 2.05) is 30.3 Å². The van der Waals surface area contributed by atoms with E-state index < -0.39 is 0 Å². The molecule has 6 heteroatoms. The number of anilines is 2. The number of pyridine rings is 2. The quantitative estimate of drug-likeness (QED) is 0.705. The molecular formula is C19H17ClN4O. The van der Waals surface area contributed by atoms with E-state index in [4.69, 9.17) is 11.6 Å². The van der Waals surface area contributed by atoms with Gasteiger partial charge in [-0.1, -0.05) is 23.7 Å². The Morgan fingerprint density at radius 1 is 0.960 bits per heavy atom. The van der Waals surface area contributed by atoms with Crippen LogP contribution in [0.3, 0.4) is 0 Å². The summed E-state index contributed by atoms with van der Waals surface area (Å²) >= 11 is 5.84. The van der Waals surface area contributed by atoms with Gasteiger partial charge in [-0.2, -0.15) is 0 Å². The molecule has 0 aliphatic carbocycles. The topological polar surface area (TPSA) is 66.9 Å². The number of nitrogens with one attached hydrogen (secondary N) is 2. The second kappa shape index (κ2) is 8.26. The van der Waals surface area contributed by atoms with Crippen molar-refractivity contribution in [3.8, 4) is 0 Å². The molecule has 0 saturated heterocycles. The Bertz CT molecular complexity index is 820. The van der Waals surface area contributed by atoms with Crippen molar-refractivity contribution in [2.24, 2.45) is 0 Å². The maximum atomic E-state index is 12.1. The molecule has 25 heavy (non-hydrogen) atoms. The van der Waals surface area contributed by atoms with E-state index in [-0.39, 0.29) is 12.3 Å². The number of hydrogen-bond donors (Lipinski definition) is 2. The maximum Gasteiger partial charge on any atom is 0.229 e. The Morgan fingerprint density at radius 2 is 1.72 bits per heavy atom. The molecule has 1 amide bonds. The molecule has 3 rings (SSSR count). The fourth-order valence-corrected chi connectivity index (χ4v) is 2.38. The first-order valence-corrected chi connectivity index (χ1v) is 8.20. The summed E-state index contributed by atoms with van der Waals surface area (Å²) in [6, 6.07) is 14.8. The van der Waals surface area contributed by atoms with E-state index in [0.717, 1.165) is 16.8 Å². The number of hydrogen-bond acceptors (Lipinski definition) is 4. The van der Waals surface area contributed by atoms with E-state index >= 15 is 0 Å². The van der Waals surface area contributed by atoms with Crippen molar-refractivity contribution in [1.82, 2.24) is 9.97 Å². The average Bonchev–Trinajstić information content (AvgIpc) is 2.64. The second-order valence-corrected chi connectivity index (χ2v) is 5.93. The number of rotatable bonds is 6. The molecule has 1 aromatic carbocycles. The number of nitrogens with zero attached hydrogens (tertiary/aromatic N) is 2. The third kappa shape index (κ3) is 5.29. The van der Waals surface area contributed by atoms with Gasteiger partial charge in [-0.25, -0.2) is 4.98 Å². The maximum absolute atomic E-state index is 12.1. The van der Waals surface area contributed by atoms with Gasteiger partial charge in [0.1, 0.15) is 5.82 Å². The summed E-state index contributed by atoms with van der Waals surface area (Å²) in [7, 11) is 0. The van der Waals surface area contributed by atoms with Gasteiger partial charge in [0.15, 0.2) is 0 Å². The van der Waals surface area contributed by atoms with Gasteiger partial charge in [0.2, 0.25) is 5.91 Å². The van der Waals surface area contributed by atoms with Crippen LogP contribution in [-0.4, -0.2) is 15.9 Å². The van der Waals surface area contributed by atoms with E-state index in [2.05, 4.69) is 20.6 Å². The first-order chi connectivity index (χ1) is 12.2. The van der Waals surface area contributed by atoms with Crippen LogP contribution in [0.5, 0.6) is 0 Å². The Balaban J connectivity index is 1.51. The van der Waals surface area contributed by atoms with Crippen molar-refractivity contribution < 1.29 is 4.79 Å². The lowest BCUT2D eigenvalue weighted by molar-refractivity contribution is -0.115. The van der Waals surface area contributed by atoms with Crippen LogP contribution < -0.4 is 10.6 Å². The average molecular weight is 353 g/mol. The van der Waals surface area contributed by atoms with Gasteiger partial charge in [-0.15, -0.1) is 0 Å². The number of halogens is 1. The van der Waals surface area contributed by atoms with Crippen LogP contribution in [0.25, 0.3) is 0 Å². The summed E-state index contributed by atoms with van der Waals surface area (Å²) in [5.74, 6) is 0.403. The van der Waals surface area contributed by atoms with E-state index in [1.165, 1.54) is 0 Å². The summed E-state index contributed by atoms with van der Waals surface area (Å²) in [5, 5.41) is 6.71. The number of aromatic nitrogens is 2. The molecule has 0 bridgehead atoms. The largest absolute Gasteiger partial charge is 0.380 e. The molecule has 0 aliphatic heterocycles.